The zero-order valence-electron chi connectivity index (χ0n) is 8.50. The molecule has 0 saturated heterocycles. The lowest BCUT2D eigenvalue weighted by atomic mass is 10.1. The standard InChI is InChI=1S/C10H15FN2.ClH/c1-13(2)9-5-3-8(4-6-9)10(12)7-11;/h3-6,10H,7,12H2,1-2H3;1H/t10-;/m1./s1. The Labute approximate surface area is 90.3 Å². The number of hydrogen-bond donors (Lipinski definition) is 1. The van der Waals surface area contributed by atoms with Gasteiger partial charge in [-0.25, -0.2) is 4.39 Å². The van der Waals surface area contributed by atoms with Crippen LogP contribution in [0.1, 0.15) is 11.6 Å². The predicted octanol–water partition coefficient (Wildman–Crippen LogP) is -1.99. The van der Waals surface area contributed by atoms with Crippen molar-refractivity contribution in [3.63, 3.8) is 0 Å². The van der Waals surface area contributed by atoms with Crippen LogP contribution in [0.4, 0.5) is 10.1 Å². The Hall–Kier alpha value is -0.800. The second-order valence-corrected chi connectivity index (χ2v) is 3.34. The third-order valence-corrected chi connectivity index (χ3v) is 2.07. The van der Waals surface area contributed by atoms with Crippen molar-refractivity contribution in [1.82, 2.24) is 0 Å². The Balaban J connectivity index is 0.00000169. The van der Waals surface area contributed by atoms with Crippen LogP contribution in [-0.4, -0.2) is 20.8 Å². The molecular formula is C10H16ClFN2. The van der Waals surface area contributed by atoms with Crippen LogP contribution in [-0.2, 0) is 0 Å². The van der Waals surface area contributed by atoms with Gasteiger partial charge in [0.2, 0.25) is 0 Å². The van der Waals surface area contributed by atoms with Crippen molar-refractivity contribution in [2.45, 2.75) is 6.04 Å². The van der Waals surface area contributed by atoms with Gasteiger partial charge in [-0.05, 0) is 12.1 Å². The summed E-state index contributed by atoms with van der Waals surface area (Å²) in [4.78, 5) is 2.01. The van der Waals surface area contributed by atoms with Crippen LogP contribution in [0, 0.1) is 0 Å². The largest absolute Gasteiger partial charge is 1.00 e. The van der Waals surface area contributed by atoms with Gasteiger partial charge in [-0.15, -0.1) is 0 Å². The summed E-state index contributed by atoms with van der Waals surface area (Å²) in [6, 6.07) is 7.56. The lowest BCUT2D eigenvalue weighted by Crippen LogP contribution is -3.00. The number of halogens is 2. The fourth-order valence-corrected chi connectivity index (χ4v) is 1.13. The van der Waals surface area contributed by atoms with E-state index in [9.17, 15) is 4.39 Å². The summed E-state index contributed by atoms with van der Waals surface area (Å²) in [6.45, 7) is -0.401. The normalized spacial score (nSPS) is 11.7. The van der Waals surface area contributed by atoms with Crippen molar-refractivity contribution in [3.8, 4) is 0 Å². The molecular weight excluding hydrogens is 203 g/mol. The fraction of sp³-hybridized carbons (Fsp3) is 0.400. The molecule has 0 aliphatic rings. The second-order valence-electron chi connectivity index (χ2n) is 3.34. The van der Waals surface area contributed by atoms with E-state index in [2.05, 4.69) is 5.73 Å². The number of hydrogen-bond acceptors (Lipinski definition) is 1. The van der Waals surface area contributed by atoms with Gasteiger partial charge in [0.15, 0.2) is 0 Å². The molecule has 2 nitrogen and oxygen atoms in total. The lowest BCUT2D eigenvalue weighted by Gasteiger charge is -2.13. The molecule has 0 spiro atoms. The molecule has 0 aliphatic heterocycles. The first-order chi connectivity index (χ1) is 6.15. The van der Waals surface area contributed by atoms with Gasteiger partial charge >= 0.3 is 0 Å². The highest BCUT2D eigenvalue weighted by atomic mass is 35.5. The van der Waals surface area contributed by atoms with Crippen molar-refractivity contribution in [2.24, 2.45) is 0 Å². The summed E-state index contributed by atoms with van der Waals surface area (Å²) in [5.74, 6) is 0. The van der Waals surface area contributed by atoms with Crippen LogP contribution < -0.4 is 23.0 Å². The highest BCUT2D eigenvalue weighted by Gasteiger charge is 2.08. The molecule has 1 aromatic carbocycles. The van der Waals surface area contributed by atoms with Gasteiger partial charge in [-0.1, -0.05) is 12.1 Å². The van der Waals surface area contributed by atoms with Gasteiger partial charge in [0.25, 0.3) is 0 Å². The van der Waals surface area contributed by atoms with Gasteiger partial charge in [0.05, 0.1) is 0 Å². The zero-order valence-corrected chi connectivity index (χ0v) is 9.26. The maximum absolute atomic E-state index is 12.3. The summed E-state index contributed by atoms with van der Waals surface area (Å²) < 4.78 is 12.3. The molecule has 80 valence electrons. The molecule has 0 bridgehead atoms. The Morgan fingerprint density at radius 1 is 1.29 bits per heavy atom. The number of benzene rings is 1. The van der Waals surface area contributed by atoms with Gasteiger partial charge in [0.1, 0.15) is 12.7 Å². The van der Waals surface area contributed by atoms with Crippen LogP contribution >= 0.6 is 0 Å². The Morgan fingerprint density at radius 2 is 1.79 bits per heavy atom. The van der Waals surface area contributed by atoms with E-state index in [-0.39, 0.29) is 18.4 Å². The number of nitrogens with zero attached hydrogens (tertiary/aromatic N) is 1. The van der Waals surface area contributed by atoms with Gasteiger partial charge in [-0.2, -0.15) is 0 Å². The van der Waals surface area contributed by atoms with Crippen LogP contribution in [0.15, 0.2) is 24.3 Å². The molecule has 0 amide bonds. The first-order valence-electron chi connectivity index (χ1n) is 4.31. The topological polar surface area (TPSA) is 30.9 Å². The minimum Gasteiger partial charge on any atom is -1.00 e. The molecule has 1 aromatic rings. The Morgan fingerprint density at radius 3 is 2.14 bits per heavy atom. The Bertz CT molecular complexity index is 261. The van der Waals surface area contributed by atoms with E-state index in [1.165, 1.54) is 0 Å². The van der Waals surface area contributed by atoms with E-state index in [1.807, 2.05) is 43.3 Å². The maximum Gasteiger partial charge on any atom is 0.145 e. The average Bonchev–Trinajstić information content (AvgIpc) is 2.17. The third-order valence-electron chi connectivity index (χ3n) is 2.07. The van der Waals surface area contributed by atoms with Crippen molar-refractivity contribution in [1.29, 1.82) is 0 Å². The molecule has 0 unspecified atom stereocenters. The summed E-state index contributed by atoms with van der Waals surface area (Å²) in [5.41, 5.74) is 5.78. The molecule has 0 aliphatic carbocycles. The average molecular weight is 219 g/mol. The monoisotopic (exact) mass is 218 g/mol. The molecule has 0 heterocycles. The van der Waals surface area contributed by atoms with Crippen molar-refractivity contribution in [2.75, 3.05) is 25.7 Å². The van der Waals surface area contributed by atoms with Crippen molar-refractivity contribution in [3.05, 3.63) is 29.8 Å². The fourth-order valence-electron chi connectivity index (χ4n) is 1.13. The van der Waals surface area contributed by atoms with Gasteiger partial charge < -0.3 is 23.0 Å². The third kappa shape index (κ3) is 3.16. The van der Waals surface area contributed by atoms with Crippen LogP contribution in [0.3, 0.4) is 0 Å². The van der Waals surface area contributed by atoms with Gasteiger partial charge in [0, 0.05) is 25.3 Å². The minimum absolute atomic E-state index is 0. The van der Waals surface area contributed by atoms with Crippen LogP contribution in [0.25, 0.3) is 0 Å². The smallest absolute Gasteiger partial charge is 0.145 e. The van der Waals surface area contributed by atoms with Crippen LogP contribution in [0.5, 0.6) is 0 Å². The van der Waals surface area contributed by atoms with Crippen molar-refractivity contribution < 1.29 is 22.5 Å². The summed E-state index contributed by atoms with van der Waals surface area (Å²) in [6.07, 6.45) is 0. The molecule has 0 radical (unpaired) electrons. The summed E-state index contributed by atoms with van der Waals surface area (Å²) in [7, 11) is 3.96. The second kappa shape index (κ2) is 5.83. The predicted molar refractivity (Wildman–Crippen MR) is 52.4 cm³/mol. The minimum atomic E-state index is -0.401. The van der Waals surface area contributed by atoms with E-state index < -0.39 is 6.67 Å². The zero-order chi connectivity index (χ0) is 9.84. The van der Waals surface area contributed by atoms with E-state index >= 15 is 0 Å². The highest BCUT2D eigenvalue weighted by Crippen LogP contribution is 2.15. The van der Waals surface area contributed by atoms with E-state index in [4.69, 9.17) is 0 Å². The molecule has 0 saturated carbocycles. The quantitative estimate of drug-likeness (QED) is 0.626. The molecule has 1 atom stereocenters. The molecule has 1 rings (SSSR count). The van der Waals surface area contributed by atoms with Gasteiger partial charge in [-0.3, -0.25) is 0 Å². The molecule has 4 heteroatoms. The van der Waals surface area contributed by atoms with E-state index in [0.717, 1.165) is 11.3 Å². The maximum atomic E-state index is 12.3. The molecule has 3 N–H and O–H groups in total. The highest BCUT2D eigenvalue weighted by molar-refractivity contribution is 5.46. The van der Waals surface area contributed by atoms with Crippen LogP contribution in [0.2, 0.25) is 0 Å². The lowest BCUT2D eigenvalue weighted by molar-refractivity contribution is -0.428. The SMILES string of the molecule is CN(C)c1ccc([C@H]([NH3+])CF)cc1.[Cl-]. The van der Waals surface area contributed by atoms with Crippen molar-refractivity contribution >= 4 is 5.69 Å². The summed E-state index contributed by atoms with van der Waals surface area (Å²) >= 11 is 0. The first-order valence-corrected chi connectivity index (χ1v) is 4.31. The number of rotatable bonds is 3. The molecule has 0 aromatic heterocycles. The van der Waals surface area contributed by atoms with E-state index in [1.54, 1.807) is 0 Å². The Kier molecular flexibility index (Phi) is 5.50. The molecule has 14 heavy (non-hydrogen) atoms. The summed E-state index contributed by atoms with van der Waals surface area (Å²) in [5, 5.41) is 0. The number of quaternary nitrogens is 1. The first kappa shape index (κ1) is 13.2. The molecule has 0 fully saturated rings. The number of alkyl halides is 1. The van der Waals surface area contributed by atoms with E-state index in [0.29, 0.717) is 0 Å². The number of anilines is 1.